The molecule has 1 amide bonds. The van der Waals surface area contributed by atoms with Crippen LogP contribution in [0.4, 0.5) is 0 Å². The Labute approximate surface area is 349 Å². The quantitative estimate of drug-likeness (QED) is 0.0447. The largest absolute Gasteiger partial charge is 0.481 e. The van der Waals surface area contributed by atoms with Crippen molar-refractivity contribution in [3.63, 3.8) is 0 Å². The van der Waals surface area contributed by atoms with Crippen LogP contribution in [0.2, 0.25) is 0 Å². The van der Waals surface area contributed by atoms with Gasteiger partial charge in [-0.2, -0.15) is 0 Å². The van der Waals surface area contributed by atoms with Gasteiger partial charge in [-0.1, -0.05) is 168 Å². The third-order valence-corrected chi connectivity index (χ3v) is 11.8. The van der Waals surface area contributed by atoms with Gasteiger partial charge in [-0.25, -0.2) is 16.8 Å². The molecule has 0 aliphatic carbocycles. The SMILES string of the molecule is CCCCCCCCCCCCCCCC(=O)NS(=O)(=O)CCCC(=O)OC.CCCCCCCCCCCCCCCC(=O)O.COC(=O)CCCS(C)(=O)=O. The molecule has 0 aliphatic rings. The number of esters is 2. The summed E-state index contributed by atoms with van der Waals surface area (Å²) in [6, 6.07) is 0. The van der Waals surface area contributed by atoms with Crippen molar-refractivity contribution < 1.29 is 50.6 Å². The number of carbonyl (C=O) groups excluding carboxylic acids is 3. The Kier molecular flexibility index (Phi) is 45.0. The lowest BCUT2D eigenvalue weighted by Gasteiger charge is -2.07. The monoisotopic (exact) mass is 856 g/mol. The van der Waals surface area contributed by atoms with Crippen molar-refractivity contribution in [3.8, 4) is 0 Å². The maximum atomic E-state index is 11.8. The molecule has 0 bridgehead atoms. The van der Waals surface area contributed by atoms with E-state index in [1.807, 2.05) is 0 Å². The molecule has 0 radical (unpaired) electrons. The first kappa shape index (κ1) is 59.1. The molecule has 0 atom stereocenters. The summed E-state index contributed by atoms with van der Waals surface area (Å²) >= 11 is 0. The normalized spacial score (nSPS) is 11.1. The number of carboxylic acid groups (broad SMARTS) is 1. The van der Waals surface area contributed by atoms with E-state index in [9.17, 15) is 36.0 Å². The molecule has 0 aromatic carbocycles. The molecule has 0 unspecified atom stereocenters. The zero-order chi connectivity index (χ0) is 43.5. The number of hydrogen-bond donors (Lipinski definition) is 2. The first-order valence-electron chi connectivity index (χ1n) is 22.2. The van der Waals surface area contributed by atoms with Crippen LogP contribution in [0.25, 0.3) is 0 Å². The fourth-order valence-electron chi connectivity index (χ4n) is 5.96. The average molecular weight is 856 g/mol. The Balaban J connectivity index is -0.000000856. The van der Waals surface area contributed by atoms with Crippen LogP contribution in [0.1, 0.15) is 219 Å². The lowest BCUT2D eigenvalue weighted by Crippen LogP contribution is -2.32. The number of aliphatic carboxylic acids is 1. The smallest absolute Gasteiger partial charge is 0.305 e. The highest BCUT2D eigenvalue weighted by Gasteiger charge is 2.15. The van der Waals surface area contributed by atoms with E-state index in [0.717, 1.165) is 31.9 Å². The van der Waals surface area contributed by atoms with Gasteiger partial charge >= 0.3 is 17.9 Å². The standard InChI is InChI=1S/C21H41NO5S.C16H32O2.C6H12O4S/c1-3-4-5-6-7-8-9-10-11-12-13-14-15-17-20(23)22-28(25,26)19-16-18-21(24)27-2;1-2-3-4-5-6-7-8-9-10-11-12-13-14-15-16(17)18;1-10-6(7)4-3-5-11(2,8)9/h3-19H2,1-2H3,(H,22,23);2-15H2,1H3,(H,17,18);3-5H2,1-2H3. The summed E-state index contributed by atoms with van der Waals surface area (Å²) in [5, 5.41) is 8.49. The Bertz CT molecular complexity index is 1180. The van der Waals surface area contributed by atoms with Gasteiger partial charge in [0.1, 0.15) is 9.84 Å². The van der Waals surface area contributed by atoms with Gasteiger partial charge in [0.25, 0.3) is 0 Å². The summed E-state index contributed by atoms with van der Waals surface area (Å²) in [4.78, 5) is 43.5. The van der Waals surface area contributed by atoms with Crippen molar-refractivity contribution in [3.05, 3.63) is 0 Å². The summed E-state index contributed by atoms with van der Waals surface area (Å²) in [7, 11) is -4.06. The molecule has 0 rings (SSSR count). The Morgan fingerprint density at radius 1 is 0.439 bits per heavy atom. The minimum atomic E-state index is -3.66. The number of carbonyl (C=O) groups is 4. The zero-order valence-corrected chi connectivity index (χ0v) is 38.5. The molecular weight excluding hydrogens is 771 g/mol. The van der Waals surface area contributed by atoms with E-state index < -0.39 is 37.7 Å². The van der Waals surface area contributed by atoms with E-state index in [0.29, 0.717) is 19.3 Å². The second kappa shape index (κ2) is 43.4. The molecule has 0 heterocycles. The number of sulfonamides is 1. The lowest BCUT2D eigenvalue weighted by molar-refractivity contribution is -0.141. The third-order valence-electron chi connectivity index (χ3n) is 9.42. The molecule has 0 aromatic heterocycles. The Morgan fingerprint density at radius 3 is 1.04 bits per heavy atom. The number of carboxylic acids is 1. The minimum Gasteiger partial charge on any atom is -0.481 e. The summed E-state index contributed by atoms with van der Waals surface area (Å²) in [5.41, 5.74) is 0. The maximum Gasteiger partial charge on any atom is 0.305 e. The van der Waals surface area contributed by atoms with Gasteiger partial charge in [-0.15, -0.1) is 0 Å². The number of amides is 1. The van der Waals surface area contributed by atoms with Crippen LogP contribution in [0.5, 0.6) is 0 Å². The molecule has 14 heteroatoms. The molecule has 0 saturated carbocycles. The van der Waals surface area contributed by atoms with E-state index in [1.165, 1.54) is 149 Å². The van der Waals surface area contributed by atoms with Crippen LogP contribution in [-0.4, -0.2) is 77.7 Å². The number of sulfone groups is 1. The summed E-state index contributed by atoms with van der Waals surface area (Å²) in [5.74, 6) is -2.13. The molecule has 0 fully saturated rings. The second-order valence-electron chi connectivity index (χ2n) is 15.2. The van der Waals surface area contributed by atoms with Gasteiger partial charge in [0.15, 0.2) is 0 Å². The van der Waals surface area contributed by atoms with E-state index in [4.69, 9.17) is 5.11 Å². The molecular formula is C43H85NO11S2. The van der Waals surface area contributed by atoms with Crippen LogP contribution in [0.3, 0.4) is 0 Å². The van der Waals surface area contributed by atoms with Gasteiger partial charge < -0.3 is 14.6 Å². The van der Waals surface area contributed by atoms with Crippen LogP contribution >= 0.6 is 0 Å². The highest BCUT2D eigenvalue weighted by molar-refractivity contribution is 7.90. The summed E-state index contributed by atoms with van der Waals surface area (Å²) < 4.78 is 55.5. The predicted octanol–water partition coefficient (Wildman–Crippen LogP) is 10.4. The fraction of sp³-hybridized carbons (Fsp3) is 0.907. The molecule has 0 spiro atoms. The van der Waals surface area contributed by atoms with Gasteiger partial charge in [0, 0.05) is 31.9 Å². The summed E-state index contributed by atoms with van der Waals surface area (Å²) in [6.07, 6.45) is 35.2. The van der Waals surface area contributed by atoms with E-state index >= 15 is 0 Å². The van der Waals surface area contributed by atoms with Crippen molar-refractivity contribution in [1.29, 1.82) is 0 Å². The van der Waals surface area contributed by atoms with Crippen molar-refractivity contribution in [2.75, 3.05) is 32.0 Å². The number of hydrogen-bond acceptors (Lipinski definition) is 10. The fourth-order valence-corrected chi connectivity index (χ4v) is 7.71. The highest BCUT2D eigenvalue weighted by atomic mass is 32.2. The van der Waals surface area contributed by atoms with Crippen LogP contribution in [0, 0.1) is 0 Å². The highest BCUT2D eigenvalue weighted by Crippen LogP contribution is 2.14. The molecule has 57 heavy (non-hydrogen) atoms. The van der Waals surface area contributed by atoms with Crippen molar-refractivity contribution in [2.24, 2.45) is 0 Å². The second-order valence-corrected chi connectivity index (χ2v) is 19.3. The number of rotatable bonds is 37. The third kappa shape index (κ3) is 55.9. The number of ether oxygens (including phenoxy) is 2. The van der Waals surface area contributed by atoms with Crippen molar-refractivity contribution in [1.82, 2.24) is 4.72 Å². The van der Waals surface area contributed by atoms with Gasteiger partial charge in [0.05, 0.1) is 25.7 Å². The zero-order valence-electron chi connectivity index (χ0n) is 36.9. The van der Waals surface area contributed by atoms with Crippen molar-refractivity contribution in [2.45, 2.75) is 219 Å². The summed E-state index contributed by atoms with van der Waals surface area (Å²) in [6.45, 7) is 4.50. The Hall–Kier alpha value is -2.22. The Morgan fingerprint density at radius 2 is 0.737 bits per heavy atom. The lowest BCUT2D eigenvalue weighted by atomic mass is 10.0. The number of unbranched alkanes of at least 4 members (excludes halogenated alkanes) is 24. The molecule has 0 aromatic rings. The van der Waals surface area contributed by atoms with E-state index in [-0.39, 0.29) is 43.2 Å². The first-order chi connectivity index (χ1) is 27.1. The van der Waals surface area contributed by atoms with Gasteiger partial charge in [0.2, 0.25) is 15.9 Å². The van der Waals surface area contributed by atoms with Crippen molar-refractivity contribution >= 4 is 43.7 Å². The molecule has 2 N–H and O–H groups in total. The number of methoxy groups -OCH3 is 2. The topological polar surface area (TPSA) is 187 Å². The van der Waals surface area contributed by atoms with E-state index in [2.05, 4.69) is 28.0 Å². The molecule has 0 saturated heterocycles. The van der Waals surface area contributed by atoms with Crippen LogP contribution < -0.4 is 4.72 Å². The van der Waals surface area contributed by atoms with Crippen LogP contribution in [-0.2, 0) is 48.5 Å². The molecule has 12 nitrogen and oxygen atoms in total. The first-order valence-corrected chi connectivity index (χ1v) is 25.9. The average Bonchev–Trinajstić information content (AvgIpc) is 3.14. The van der Waals surface area contributed by atoms with Gasteiger partial charge in [-0.3, -0.25) is 23.9 Å². The van der Waals surface area contributed by atoms with E-state index in [1.54, 1.807) is 0 Å². The molecule has 340 valence electrons. The van der Waals surface area contributed by atoms with Crippen LogP contribution in [0.15, 0.2) is 0 Å². The molecule has 0 aliphatic heterocycles. The number of nitrogens with one attached hydrogen (secondary N) is 1. The predicted molar refractivity (Wildman–Crippen MR) is 232 cm³/mol. The maximum absolute atomic E-state index is 11.8. The minimum absolute atomic E-state index is 0.0322. The van der Waals surface area contributed by atoms with Gasteiger partial charge in [-0.05, 0) is 25.7 Å².